The SMILES string of the molecule is CN(Cc1ccccc1N1CCCC1)C(=O)c1cccc(CS(=O)(=O)c2ccccc2)c1. The number of carbonyl (C=O) groups excluding carboxylic acids is 1. The van der Waals surface area contributed by atoms with Gasteiger partial charge >= 0.3 is 0 Å². The zero-order chi connectivity index (χ0) is 22.6. The van der Waals surface area contributed by atoms with E-state index >= 15 is 0 Å². The second-order valence-corrected chi connectivity index (χ2v) is 10.2. The van der Waals surface area contributed by atoms with E-state index in [1.54, 1.807) is 66.5 Å². The van der Waals surface area contributed by atoms with Crippen molar-refractivity contribution >= 4 is 21.4 Å². The Hall–Kier alpha value is -3.12. The molecule has 0 bridgehead atoms. The molecule has 1 aliphatic heterocycles. The van der Waals surface area contributed by atoms with E-state index in [1.165, 1.54) is 18.5 Å². The fourth-order valence-electron chi connectivity index (χ4n) is 4.18. The average molecular weight is 449 g/mol. The molecule has 0 aliphatic carbocycles. The number of amides is 1. The van der Waals surface area contributed by atoms with Gasteiger partial charge in [-0.3, -0.25) is 4.79 Å². The minimum atomic E-state index is -3.47. The van der Waals surface area contributed by atoms with Crippen LogP contribution in [0.5, 0.6) is 0 Å². The van der Waals surface area contributed by atoms with E-state index in [9.17, 15) is 13.2 Å². The first kappa shape index (κ1) is 22.1. The van der Waals surface area contributed by atoms with Crippen molar-refractivity contribution in [2.24, 2.45) is 0 Å². The highest BCUT2D eigenvalue weighted by atomic mass is 32.2. The van der Waals surface area contributed by atoms with Crippen LogP contribution in [0.3, 0.4) is 0 Å². The van der Waals surface area contributed by atoms with Crippen LogP contribution in [0.25, 0.3) is 0 Å². The number of nitrogens with zero attached hydrogens (tertiary/aromatic N) is 2. The summed E-state index contributed by atoms with van der Waals surface area (Å²) >= 11 is 0. The van der Waals surface area contributed by atoms with Gasteiger partial charge in [0.25, 0.3) is 5.91 Å². The molecule has 0 atom stereocenters. The van der Waals surface area contributed by atoms with Gasteiger partial charge in [0.2, 0.25) is 0 Å². The molecule has 32 heavy (non-hydrogen) atoms. The Morgan fingerprint density at radius 1 is 0.906 bits per heavy atom. The van der Waals surface area contributed by atoms with Gasteiger partial charge in [0, 0.05) is 37.9 Å². The molecule has 3 aromatic carbocycles. The van der Waals surface area contributed by atoms with Crippen molar-refractivity contribution in [2.45, 2.75) is 30.0 Å². The molecule has 0 N–H and O–H groups in total. The van der Waals surface area contributed by atoms with Crippen LogP contribution >= 0.6 is 0 Å². The Morgan fingerprint density at radius 2 is 1.59 bits per heavy atom. The summed E-state index contributed by atoms with van der Waals surface area (Å²) in [7, 11) is -1.68. The molecule has 5 nitrogen and oxygen atoms in total. The molecule has 1 heterocycles. The lowest BCUT2D eigenvalue weighted by Crippen LogP contribution is -2.28. The van der Waals surface area contributed by atoms with Crippen molar-refractivity contribution in [3.05, 3.63) is 95.6 Å². The topological polar surface area (TPSA) is 57.7 Å². The standard InChI is InChI=1S/C26H28N2O3S/c1-27(19-23-11-5-6-15-25(23)28-16-7-8-17-28)26(29)22-12-9-10-21(18-22)20-32(30,31)24-13-3-2-4-14-24/h2-6,9-15,18H,7-8,16-17,19-20H2,1H3. The molecule has 1 fully saturated rings. The lowest BCUT2D eigenvalue weighted by atomic mass is 10.1. The molecule has 166 valence electrons. The number of sulfone groups is 1. The van der Waals surface area contributed by atoms with Gasteiger partial charge < -0.3 is 9.80 Å². The van der Waals surface area contributed by atoms with Crippen LogP contribution in [-0.4, -0.2) is 39.4 Å². The third kappa shape index (κ3) is 5.02. The maximum absolute atomic E-state index is 13.1. The number of carbonyl (C=O) groups is 1. The van der Waals surface area contributed by atoms with Crippen LogP contribution in [-0.2, 0) is 22.1 Å². The second-order valence-electron chi connectivity index (χ2n) is 8.26. The van der Waals surface area contributed by atoms with Crippen LogP contribution in [0, 0.1) is 0 Å². The lowest BCUT2D eigenvalue weighted by Gasteiger charge is -2.24. The summed E-state index contributed by atoms with van der Waals surface area (Å²) in [6.07, 6.45) is 2.39. The highest BCUT2D eigenvalue weighted by Crippen LogP contribution is 2.26. The summed E-state index contributed by atoms with van der Waals surface area (Å²) in [4.78, 5) is 17.5. The second kappa shape index (κ2) is 9.57. The number of para-hydroxylation sites is 1. The Bertz CT molecular complexity index is 1190. The molecule has 0 aromatic heterocycles. The number of hydrogen-bond acceptors (Lipinski definition) is 4. The van der Waals surface area contributed by atoms with Gasteiger partial charge in [-0.05, 0) is 54.3 Å². The maximum atomic E-state index is 13.1. The normalized spacial score (nSPS) is 13.8. The monoisotopic (exact) mass is 448 g/mol. The molecule has 0 saturated carbocycles. The van der Waals surface area contributed by atoms with Crippen molar-refractivity contribution in [1.29, 1.82) is 0 Å². The molecule has 0 unspecified atom stereocenters. The summed E-state index contributed by atoms with van der Waals surface area (Å²) in [5.74, 6) is -0.264. The number of anilines is 1. The van der Waals surface area contributed by atoms with Gasteiger partial charge in [-0.25, -0.2) is 8.42 Å². The van der Waals surface area contributed by atoms with Gasteiger partial charge in [0.1, 0.15) is 0 Å². The quantitative estimate of drug-likeness (QED) is 0.533. The number of benzene rings is 3. The van der Waals surface area contributed by atoms with Crippen LogP contribution in [0.4, 0.5) is 5.69 Å². The van der Waals surface area contributed by atoms with Gasteiger partial charge in [-0.2, -0.15) is 0 Å². The molecule has 1 saturated heterocycles. The Kier molecular flexibility index (Phi) is 6.61. The van der Waals surface area contributed by atoms with Crippen LogP contribution in [0.15, 0.2) is 83.8 Å². The molecule has 6 heteroatoms. The van der Waals surface area contributed by atoms with Crippen LogP contribution in [0.2, 0.25) is 0 Å². The smallest absolute Gasteiger partial charge is 0.253 e. The predicted octanol–water partition coefficient (Wildman–Crippen LogP) is 4.53. The van der Waals surface area contributed by atoms with Crippen molar-refractivity contribution < 1.29 is 13.2 Å². The number of hydrogen-bond donors (Lipinski definition) is 0. The van der Waals surface area contributed by atoms with E-state index in [1.807, 2.05) is 12.1 Å². The zero-order valence-corrected chi connectivity index (χ0v) is 19.1. The molecule has 1 aliphatic rings. The molecule has 4 rings (SSSR count). The highest BCUT2D eigenvalue weighted by Gasteiger charge is 2.20. The largest absolute Gasteiger partial charge is 0.371 e. The van der Waals surface area contributed by atoms with Crippen molar-refractivity contribution in [1.82, 2.24) is 4.90 Å². The highest BCUT2D eigenvalue weighted by molar-refractivity contribution is 7.90. The summed E-state index contributed by atoms with van der Waals surface area (Å²) in [6, 6.07) is 23.5. The van der Waals surface area contributed by atoms with Gasteiger partial charge in [-0.1, -0.05) is 48.5 Å². The van der Waals surface area contributed by atoms with Crippen molar-refractivity contribution in [2.75, 3.05) is 25.0 Å². The van der Waals surface area contributed by atoms with Gasteiger partial charge in [0.05, 0.1) is 10.6 Å². The molecule has 0 spiro atoms. The molecule has 1 amide bonds. The Morgan fingerprint density at radius 3 is 2.34 bits per heavy atom. The van der Waals surface area contributed by atoms with E-state index in [-0.39, 0.29) is 16.6 Å². The molecule has 0 radical (unpaired) electrons. The van der Waals surface area contributed by atoms with Crippen molar-refractivity contribution in [3.8, 4) is 0 Å². The van der Waals surface area contributed by atoms with Gasteiger partial charge in [-0.15, -0.1) is 0 Å². The van der Waals surface area contributed by atoms with Crippen LogP contribution in [0.1, 0.15) is 34.3 Å². The Labute approximate surface area is 190 Å². The Balaban J connectivity index is 1.50. The van der Waals surface area contributed by atoms with E-state index in [2.05, 4.69) is 17.0 Å². The summed E-state index contributed by atoms with van der Waals surface area (Å²) in [5, 5.41) is 0. The third-order valence-corrected chi connectivity index (χ3v) is 7.53. The fourth-order valence-corrected chi connectivity index (χ4v) is 5.54. The van der Waals surface area contributed by atoms with E-state index in [0.29, 0.717) is 17.7 Å². The zero-order valence-electron chi connectivity index (χ0n) is 18.3. The molecular weight excluding hydrogens is 420 g/mol. The van der Waals surface area contributed by atoms with Gasteiger partial charge in [0.15, 0.2) is 9.84 Å². The molecule has 3 aromatic rings. The van der Waals surface area contributed by atoms with Crippen molar-refractivity contribution in [3.63, 3.8) is 0 Å². The van der Waals surface area contributed by atoms with E-state index in [4.69, 9.17) is 0 Å². The fraction of sp³-hybridized carbons (Fsp3) is 0.269. The first-order chi connectivity index (χ1) is 15.4. The summed E-state index contributed by atoms with van der Waals surface area (Å²) in [6.45, 7) is 2.59. The van der Waals surface area contributed by atoms with Crippen LogP contribution < -0.4 is 4.90 Å². The average Bonchev–Trinajstić information content (AvgIpc) is 3.34. The minimum absolute atomic E-state index is 0.125. The lowest BCUT2D eigenvalue weighted by molar-refractivity contribution is 0.0785. The van der Waals surface area contributed by atoms with E-state index < -0.39 is 9.84 Å². The summed E-state index contributed by atoms with van der Waals surface area (Å²) in [5.41, 5.74) is 3.40. The summed E-state index contributed by atoms with van der Waals surface area (Å²) < 4.78 is 25.4. The molecular formula is C26H28N2O3S. The first-order valence-corrected chi connectivity index (χ1v) is 12.5. The first-order valence-electron chi connectivity index (χ1n) is 10.9. The number of rotatable bonds is 7. The van der Waals surface area contributed by atoms with E-state index in [0.717, 1.165) is 18.7 Å². The predicted molar refractivity (Wildman–Crippen MR) is 127 cm³/mol. The third-order valence-electron chi connectivity index (χ3n) is 5.83. The minimum Gasteiger partial charge on any atom is -0.371 e. The maximum Gasteiger partial charge on any atom is 0.253 e.